The van der Waals surface area contributed by atoms with E-state index in [1.807, 2.05) is 7.05 Å². The Morgan fingerprint density at radius 3 is 2.74 bits per heavy atom. The van der Waals surface area contributed by atoms with Gasteiger partial charge in [-0.05, 0) is 44.0 Å². The molecule has 1 fully saturated rings. The highest BCUT2D eigenvalue weighted by molar-refractivity contribution is 5.86. The van der Waals surface area contributed by atoms with Crippen molar-refractivity contribution in [3.63, 3.8) is 0 Å². The topological polar surface area (TPSA) is 67.3 Å². The van der Waals surface area contributed by atoms with Gasteiger partial charge in [0.05, 0.1) is 7.11 Å². The zero-order valence-electron chi connectivity index (χ0n) is 11.4. The number of carbonyl (C=O) groups is 1. The number of piperidine rings is 1. The van der Waals surface area contributed by atoms with Crippen molar-refractivity contribution in [2.75, 3.05) is 38.7 Å². The molecule has 0 aliphatic carbocycles. The first-order valence-electron chi connectivity index (χ1n) is 6.54. The van der Waals surface area contributed by atoms with Crippen LogP contribution in [0.15, 0.2) is 12.1 Å². The number of esters is 1. The summed E-state index contributed by atoms with van der Waals surface area (Å²) < 4.78 is 4.60. The third-order valence-corrected chi connectivity index (χ3v) is 3.43. The average Bonchev–Trinajstić information content (AvgIpc) is 2.47. The first-order chi connectivity index (χ1) is 9.20. The summed E-state index contributed by atoms with van der Waals surface area (Å²) in [5, 5.41) is 11.3. The van der Waals surface area contributed by atoms with Crippen LogP contribution in [0, 0.1) is 5.92 Å². The lowest BCUT2D eigenvalue weighted by Crippen LogP contribution is -2.34. The van der Waals surface area contributed by atoms with E-state index >= 15 is 0 Å². The molecule has 0 radical (unpaired) electrons. The van der Waals surface area contributed by atoms with Crippen LogP contribution in [0.3, 0.4) is 0 Å². The van der Waals surface area contributed by atoms with Crippen LogP contribution in [0.5, 0.6) is 0 Å². The summed E-state index contributed by atoms with van der Waals surface area (Å²) in [5.74, 6) is 1.01. The molecule has 1 aromatic heterocycles. The second-order valence-corrected chi connectivity index (χ2v) is 4.84. The van der Waals surface area contributed by atoms with Gasteiger partial charge in [-0.3, -0.25) is 0 Å². The molecule has 0 saturated carbocycles. The third kappa shape index (κ3) is 3.64. The summed E-state index contributed by atoms with van der Waals surface area (Å²) in [6.07, 6.45) is 2.38. The Bertz CT molecular complexity index is 415. The van der Waals surface area contributed by atoms with Crippen LogP contribution in [-0.2, 0) is 4.74 Å². The van der Waals surface area contributed by atoms with Crippen LogP contribution < -0.4 is 10.2 Å². The lowest BCUT2D eigenvalue weighted by molar-refractivity contribution is 0.0592. The van der Waals surface area contributed by atoms with Crippen LogP contribution in [-0.4, -0.2) is 50.0 Å². The van der Waals surface area contributed by atoms with E-state index in [0.717, 1.165) is 25.5 Å². The van der Waals surface area contributed by atoms with Gasteiger partial charge in [0, 0.05) is 13.6 Å². The van der Waals surface area contributed by atoms with E-state index in [-0.39, 0.29) is 5.69 Å². The van der Waals surface area contributed by atoms with Crippen molar-refractivity contribution in [1.82, 2.24) is 15.5 Å². The molecule has 6 nitrogen and oxygen atoms in total. The number of rotatable bonds is 4. The first kappa shape index (κ1) is 13.7. The monoisotopic (exact) mass is 264 g/mol. The molecule has 0 spiro atoms. The number of methoxy groups -OCH3 is 1. The zero-order valence-corrected chi connectivity index (χ0v) is 11.4. The van der Waals surface area contributed by atoms with E-state index in [2.05, 4.69) is 25.2 Å². The van der Waals surface area contributed by atoms with E-state index < -0.39 is 5.97 Å². The van der Waals surface area contributed by atoms with Gasteiger partial charge < -0.3 is 15.0 Å². The highest BCUT2D eigenvalue weighted by Gasteiger charge is 2.16. The Hall–Kier alpha value is -1.69. The molecule has 0 bridgehead atoms. The summed E-state index contributed by atoms with van der Waals surface area (Å²) in [6, 6.07) is 3.45. The molecule has 1 aliphatic heterocycles. The normalized spacial score (nSPS) is 16.1. The van der Waals surface area contributed by atoms with Crippen molar-refractivity contribution in [1.29, 1.82) is 0 Å². The lowest BCUT2D eigenvalue weighted by Gasteiger charge is -2.27. The molecule has 104 valence electrons. The van der Waals surface area contributed by atoms with E-state index in [9.17, 15) is 4.79 Å². The molecule has 0 aromatic carbocycles. The van der Waals surface area contributed by atoms with E-state index in [0.29, 0.717) is 5.92 Å². The van der Waals surface area contributed by atoms with Crippen molar-refractivity contribution in [3.8, 4) is 0 Å². The Kier molecular flexibility index (Phi) is 4.68. The molecular formula is C13H20N4O2. The largest absolute Gasteiger partial charge is 0.464 e. The summed E-state index contributed by atoms with van der Waals surface area (Å²) in [7, 11) is 3.34. The second kappa shape index (κ2) is 6.47. The lowest BCUT2D eigenvalue weighted by atomic mass is 9.98. The number of anilines is 1. The van der Waals surface area contributed by atoms with Gasteiger partial charge >= 0.3 is 5.97 Å². The summed E-state index contributed by atoms with van der Waals surface area (Å²) in [4.78, 5) is 13.4. The van der Waals surface area contributed by atoms with Gasteiger partial charge in [0.15, 0.2) is 11.5 Å². The number of ether oxygens (including phenoxy) is 1. The fourth-order valence-corrected chi connectivity index (χ4v) is 2.29. The molecule has 0 unspecified atom stereocenters. The minimum atomic E-state index is -0.458. The minimum Gasteiger partial charge on any atom is -0.464 e. The highest BCUT2D eigenvalue weighted by atomic mass is 16.5. The maximum atomic E-state index is 11.3. The molecule has 2 heterocycles. The molecule has 6 heteroatoms. The summed E-state index contributed by atoms with van der Waals surface area (Å²) >= 11 is 0. The fourth-order valence-electron chi connectivity index (χ4n) is 2.29. The van der Waals surface area contributed by atoms with E-state index in [1.165, 1.54) is 20.0 Å². The second-order valence-electron chi connectivity index (χ2n) is 4.84. The molecule has 19 heavy (non-hydrogen) atoms. The van der Waals surface area contributed by atoms with Gasteiger partial charge in [-0.25, -0.2) is 4.79 Å². The molecule has 1 aliphatic rings. The maximum absolute atomic E-state index is 11.3. The van der Waals surface area contributed by atoms with E-state index in [1.54, 1.807) is 12.1 Å². The maximum Gasteiger partial charge on any atom is 0.358 e. The Morgan fingerprint density at radius 2 is 2.16 bits per heavy atom. The number of hydrogen-bond donors (Lipinski definition) is 1. The van der Waals surface area contributed by atoms with Crippen LogP contribution in [0.25, 0.3) is 0 Å². The predicted octanol–water partition coefficient (Wildman–Crippen LogP) is 0.699. The molecular weight excluding hydrogens is 244 g/mol. The molecule has 1 N–H and O–H groups in total. The van der Waals surface area contributed by atoms with Gasteiger partial charge in [-0.15, -0.1) is 10.2 Å². The highest BCUT2D eigenvalue weighted by Crippen LogP contribution is 2.16. The Labute approximate surface area is 113 Å². The van der Waals surface area contributed by atoms with Gasteiger partial charge in [0.1, 0.15) is 0 Å². The zero-order chi connectivity index (χ0) is 13.7. The molecule has 0 amide bonds. The van der Waals surface area contributed by atoms with Crippen LogP contribution in [0.4, 0.5) is 5.82 Å². The fraction of sp³-hybridized carbons (Fsp3) is 0.615. The Morgan fingerprint density at radius 1 is 1.42 bits per heavy atom. The summed E-state index contributed by atoms with van der Waals surface area (Å²) in [6.45, 7) is 3.14. The number of nitrogens with one attached hydrogen (secondary N) is 1. The smallest absolute Gasteiger partial charge is 0.358 e. The van der Waals surface area contributed by atoms with Crippen LogP contribution in [0.1, 0.15) is 23.3 Å². The predicted molar refractivity (Wildman–Crippen MR) is 72.2 cm³/mol. The number of carbonyl (C=O) groups excluding carboxylic acids is 1. The third-order valence-electron chi connectivity index (χ3n) is 3.43. The summed E-state index contributed by atoms with van der Waals surface area (Å²) in [5.41, 5.74) is 0.238. The van der Waals surface area contributed by atoms with Crippen molar-refractivity contribution in [2.45, 2.75) is 12.8 Å². The van der Waals surface area contributed by atoms with Crippen LogP contribution >= 0.6 is 0 Å². The first-order valence-corrected chi connectivity index (χ1v) is 6.54. The van der Waals surface area contributed by atoms with Crippen molar-refractivity contribution >= 4 is 11.8 Å². The van der Waals surface area contributed by atoms with Crippen LogP contribution in [0.2, 0.25) is 0 Å². The Balaban J connectivity index is 1.94. The standard InChI is InChI=1S/C13H20N4O2/c1-17(9-10-5-7-14-8-6-10)12-4-3-11(15-16-12)13(18)19-2/h3-4,10,14H,5-9H2,1-2H3. The van der Waals surface area contributed by atoms with Gasteiger partial charge in [-0.2, -0.15) is 0 Å². The van der Waals surface area contributed by atoms with Gasteiger partial charge in [0.25, 0.3) is 0 Å². The number of hydrogen-bond acceptors (Lipinski definition) is 6. The SMILES string of the molecule is COC(=O)c1ccc(N(C)CC2CCNCC2)nn1. The molecule has 1 aromatic rings. The van der Waals surface area contributed by atoms with Crippen molar-refractivity contribution in [3.05, 3.63) is 17.8 Å². The minimum absolute atomic E-state index is 0.238. The number of nitrogens with zero attached hydrogens (tertiary/aromatic N) is 3. The van der Waals surface area contributed by atoms with Gasteiger partial charge in [-0.1, -0.05) is 0 Å². The molecule has 0 atom stereocenters. The average molecular weight is 264 g/mol. The van der Waals surface area contributed by atoms with Gasteiger partial charge in [0.2, 0.25) is 0 Å². The number of aromatic nitrogens is 2. The van der Waals surface area contributed by atoms with E-state index in [4.69, 9.17) is 0 Å². The molecule has 1 saturated heterocycles. The van der Waals surface area contributed by atoms with Crippen molar-refractivity contribution in [2.24, 2.45) is 5.92 Å². The quantitative estimate of drug-likeness (QED) is 0.807. The van der Waals surface area contributed by atoms with Crippen molar-refractivity contribution < 1.29 is 9.53 Å². The molecule has 2 rings (SSSR count).